The summed E-state index contributed by atoms with van der Waals surface area (Å²) < 4.78 is 64.1. The lowest BCUT2D eigenvalue weighted by atomic mass is 10.1. The van der Waals surface area contributed by atoms with Crippen molar-refractivity contribution in [1.82, 2.24) is 15.6 Å². The number of halogens is 6. The zero-order chi connectivity index (χ0) is 19.9. The monoisotopic (exact) mass is 534 g/mol. The van der Waals surface area contributed by atoms with Crippen molar-refractivity contribution in [3.63, 3.8) is 0 Å². The fraction of sp³-hybridized carbons (Fsp3) is 0.412. The summed E-state index contributed by atoms with van der Waals surface area (Å²) in [6, 6.07) is 3.41. The maximum Gasteiger partial charge on any atom is 0.434 e. The molecule has 0 atom stereocenters. The summed E-state index contributed by atoms with van der Waals surface area (Å²) in [5.74, 6) is -0.773. The van der Waals surface area contributed by atoms with E-state index in [0.717, 1.165) is 22.8 Å². The molecule has 0 fully saturated rings. The number of nitrogens with one attached hydrogen (secondary N) is 2. The number of aromatic nitrogens is 1. The Bertz CT molecular complexity index is 779. The van der Waals surface area contributed by atoms with Gasteiger partial charge >= 0.3 is 6.18 Å². The largest absolute Gasteiger partial charge is 0.434 e. The molecule has 28 heavy (non-hydrogen) atoms. The van der Waals surface area contributed by atoms with Crippen LogP contribution in [0.4, 0.5) is 22.0 Å². The number of thiazole rings is 1. The van der Waals surface area contributed by atoms with Gasteiger partial charge in [0.05, 0.1) is 5.01 Å². The van der Waals surface area contributed by atoms with E-state index >= 15 is 0 Å². The van der Waals surface area contributed by atoms with Crippen LogP contribution in [0.15, 0.2) is 28.6 Å². The van der Waals surface area contributed by atoms with E-state index in [2.05, 4.69) is 20.6 Å². The number of hydrogen-bond acceptors (Lipinski definition) is 3. The van der Waals surface area contributed by atoms with Crippen molar-refractivity contribution in [1.29, 1.82) is 0 Å². The van der Waals surface area contributed by atoms with Gasteiger partial charge in [-0.1, -0.05) is 6.07 Å². The van der Waals surface area contributed by atoms with Crippen LogP contribution in [-0.4, -0.2) is 30.6 Å². The van der Waals surface area contributed by atoms with Gasteiger partial charge in [0.1, 0.15) is 11.6 Å². The zero-order valence-corrected chi connectivity index (χ0v) is 18.1. The zero-order valence-electron chi connectivity index (χ0n) is 14.9. The second-order valence-corrected chi connectivity index (χ2v) is 6.49. The molecule has 0 bridgehead atoms. The van der Waals surface area contributed by atoms with Gasteiger partial charge in [0, 0.05) is 37.5 Å². The molecule has 0 aliphatic heterocycles. The third-order valence-electron chi connectivity index (χ3n) is 3.48. The smallest absolute Gasteiger partial charge is 0.357 e. The number of guanidine groups is 1. The maximum atomic E-state index is 13.6. The van der Waals surface area contributed by atoms with Crippen LogP contribution in [0.3, 0.4) is 0 Å². The molecule has 1 aromatic heterocycles. The van der Waals surface area contributed by atoms with Crippen molar-refractivity contribution in [2.45, 2.75) is 25.9 Å². The van der Waals surface area contributed by atoms with Gasteiger partial charge in [-0.05, 0) is 25.0 Å². The van der Waals surface area contributed by atoms with Gasteiger partial charge in [-0.15, -0.1) is 35.3 Å². The van der Waals surface area contributed by atoms with E-state index in [0.29, 0.717) is 36.0 Å². The van der Waals surface area contributed by atoms with E-state index in [-0.39, 0.29) is 36.9 Å². The van der Waals surface area contributed by atoms with Crippen molar-refractivity contribution < 1.29 is 22.0 Å². The van der Waals surface area contributed by atoms with Crippen LogP contribution in [0, 0.1) is 11.6 Å². The molecule has 2 aromatic rings. The van der Waals surface area contributed by atoms with Crippen LogP contribution in [-0.2, 0) is 19.0 Å². The third-order valence-corrected chi connectivity index (χ3v) is 4.39. The number of hydrogen-bond donors (Lipinski definition) is 2. The molecule has 4 nitrogen and oxygen atoms in total. The Morgan fingerprint density at radius 1 is 1.18 bits per heavy atom. The molecule has 0 aliphatic rings. The van der Waals surface area contributed by atoms with Crippen molar-refractivity contribution >= 4 is 41.3 Å². The average molecular weight is 534 g/mol. The van der Waals surface area contributed by atoms with Gasteiger partial charge in [0.2, 0.25) is 0 Å². The van der Waals surface area contributed by atoms with Gasteiger partial charge in [0.15, 0.2) is 11.7 Å². The first-order valence-electron chi connectivity index (χ1n) is 8.27. The Hall–Kier alpha value is -1.50. The topological polar surface area (TPSA) is 49.3 Å². The molecule has 2 rings (SSSR count). The highest BCUT2D eigenvalue weighted by atomic mass is 127. The van der Waals surface area contributed by atoms with Gasteiger partial charge in [0.25, 0.3) is 0 Å². The molecule has 0 spiro atoms. The molecule has 1 heterocycles. The van der Waals surface area contributed by atoms with E-state index in [1.807, 2.05) is 6.92 Å². The van der Waals surface area contributed by atoms with Crippen molar-refractivity contribution in [2.24, 2.45) is 4.99 Å². The molecule has 0 unspecified atom stereocenters. The average Bonchev–Trinajstić information content (AvgIpc) is 3.06. The lowest BCUT2D eigenvalue weighted by Gasteiger charge is -2.11. The summed E-state index contributed by atoms with van der Waals surface area (Å²) in [7, 11) is 0. The normalized spacial score (nSPS) is 11.9. The Labute approximate surface area is 180 Å². The Morgan fingerprint density at radius 2 is 1.93 bits per heavy atom. The summed E-state index contributed by atoms with van der Waals surface area (Å²) in [5.41, 5.74) is -0.514. The van der Waals surface area contributed by atoms with E-state index in [1.54, 1.807) is 0 Å². The molecule has 156 valence electrons. The lowest BCUT2D eigenvalue weighted by Crippen LogP contribution is -2.38. The summed E-state index contributed by atoms with van der Waals surface area (Å²) in [4.78, 5) is 7.83. The highest BCUT2D eigenvalue weighted by Gasteiger charge is 2.33. The van der Waals surface area contributed by atoms with E-state index in [9.17, 15) is 22.0 Å². The van der Waals surface area contributed by atoms with Gasteiger partial charge < -0.3 is 10.6 Å². The van der Waals surface area contributed by atoms with Crippen LogP contribution in [0.25, 0.3) is 0 Å². The molecule has 1 aromatic carbocycles. The molecule has 0 amide bonds. The highest BCUT2D eigenvalue weighted by molar-refractivity contribution is 14.0. The first-order chi connectivity index (χ1) is 12.8. The Balaban J connectivity index is 0.00000392. The minimum atomic E-state index is -4.44. The van der Waals surface area contributed by atoms with Crippen molar-refractivity contribution in [3.05, 3.63) is 51.5 Å². The predicted molar refractivity (Wildman–Crippen MR) is 110 cm³/mol. The minimum Gasteiger partial charge on any atom is -0.357 e. The van der Waals surface area contributed by atoms with Crippen LogP contribution >= 0.6 is 35.3 Å². The van der Waals surface area contributed by atoms with Crippen LogP contribution in [0.5, 0.6) is 0 Å². The minimum absolute atomic E-state index is 0. The van der Waals surface area contributed by atoms with E-state index < -0.39 is 23.5 Å². The molecule has 2 N–H and O–H groups in total. The second-order valence-electron chi connectivity index (χ2n) is 5.55. The molecule has 0 radical (unpaired) electrons. The highest BCUT2D eigenvalue weighted by Crippen LogP contribution is 2.30. The standard InChI is InChI=1S/C17H19F5N4S.HI/c1-2-23-16(24-7-5-11-3-4-12(18)9-13(11)19)25-8-6-15-26-14(10-27-15)17(20,21)22;/h3-4,9-10H,2,5-8H2,1H3,(H2,23,24,25);1H. The number of alkyl halides is 3. The summed E-state index contributed by atoms with van der Waals surface area (Å²) in [5, 5.41) is 7.35. The quantitative estimate of drug-likeness (QED) is 0.240. The lowest BCUT2D eigenvalue weighted by molar-refractivity contribution is -0.140. The molecule has 0 saturated heterocycles. The summed E-state index contributed by atoms with van der Waals surface area (Å²) >= 11 is 0.946. The first-order valence-corrected chi connectivity index (χ1v) is 9.15. The van der Waals surface area contributed by atoms with Gasteiger partial charge in [-0.3, -0.25) is 4.99 Å². The summed E-state index contributed by atoms with van der Waals surface area (Å²) in [6.07, 6.45) is -3.83. The van der Waals surface area contributed by atoms with Crippen LogP contribution in [0.2, 0.25) is 0 Å². The van der Waals surface area contributed by atoms with Gasteiger partial charge in [-0.25, -0.2) is 13.8 Å². The fourth-order valence-corrected chi connectivity index (χ4v) is 3.00. The van der Waals surface area contributed by atoms with Gasteiger partial charge in [-0.2, -0.15) is 13.2 Å². The number of benzene rings is 1. The van der Waals surface area contributed by atoms with Crippen LogP contribution in [0.1, 0.15) is 23.2 Å². The second kappa shape index (κ2) is 11.5. The summed E-state index contributed by atoms with van der Waals surface area (Å²) in [6.45, 7) is 3.08. The number of aliphatic imine (C=N–C) groups is 1. The molecular weight excluding hydrogens is 514 g/mol. The third kappa shape index (κ3) is 7.86. The molecule has 0 aliphatic carbocycles. The molecule has 11 heteroatoms. The van der Waals surface area contributed by atoms with Crippen molar-refractivity contribution in [2.75, 3.05) is 19.6 Å². The molecule has 0 saturated carbocycles. The Morgan fingerprint density at radius 3 is 2.54 bits per heavy atom. The molecular formula is C17H20F5IN4S. The predicted octanol–water partition coefficient (Wildman–Crippen LogP) is 4.40. The number of rotatable bonds is 7. The fourth-order valence-electron chi connectivity index (χ4n) is 2.20. The van der Waals surface area contributed by atoms with E-state index in [1.165, 1.54) is 12.1 Å². The Kier molecular flexibility index (Phi) is 10.1. The van der Waals surface area contributed by atoms with Crippen molar-refractivity contribution in [3.8, 4) is 0 Å². The SMILES string of the molecule is CCNC(=NCCc1nc(C(F)(F)F)cs1)NCCc1ccc(F)cc1F.I. The first kappa shape index (κ1) is 24.5. The van der Waals surface area contributed by atoms with E-state index in [4.69, 9.17) is 0 Å². The van der Waals surface area contributed by atoms with Crippen LogP contribution < -0.4 is 10.6 Å². The number of nitrogens with zero attached hydrogens (tertiary/aromatic N) is 2. The maximum absolute atomic E-state index is 13.6.